The van der Waals surface area contributed by atoms with Gasteiger partial charge in [-0.2, -0.15) is 5.10 Å². The van der Waals surface area contributed by atoms with Crippen LogP contribution in [0.25, 0.3) is 0 Å². The molecule has 3 rings (SSSR count). The number of nitrogens with zero attached hydrogens (tertiary/aromatic N) is 3. The van der Waals surface area contributed by atoms with Gasteiger partial charge in [0.05, 0.1) is 0 Å². The summed E-state index contributed by atoms with van der Waals surface area (Å²) in [6.07, 6.45) is 3.39. The molecule has 0 aliphatic rings. The van der Waals surface area contributed by atoms with E-state index >= 15 is 0 Å². The number of H-pyrrole nitrogens is 1. The summed E-state index contributed by atoms with van der Waals surface area (Å²) >= 11 is 5.21. The van der Waals surface area contributed by atoms with Crippen LogP contribution in [0.15, 0.2) is 48.7 Å². The SMILES string of the molecule is CCCc1n[nH]c(=S)n1CC(=O)Nc1cccc(C#Cc2ccccn2)c1. The molecule has 2 N–H and O–H groups in total. The van der Waals surface area contributed by atoms with Crippen LogP contribution in [0.1, 0.15) is 30.4 Å². The number of hydrogen-bond acceptors (Lipinski definition) is 4. The van der Waals surface area contributed by atoms with E-state index in [4.69, 9.17) is 12.2 Å². The smallest absolute Gasteiger partial charge is 0.244 e. The van der Waals surface area contributed by atoms with Gasteiger partial charge in [0.15, 0.2) is 4.77 Å². The highest BCUT2D eigenvalue weighted by atomic mass is 32.1. The highest BCUT2D eigenvalue weighted by molar-refractivity contribution is 7.71. The van der Waals surface area contributed by atoms with E-state index in [0.717, 1.165) is 24.2 Å². The minimum atomic E-state index is -0.167. The molecular formula is C20H19N5OS. The van der Waals surface area contributed by atoms with Crippen molar-refractivity contribution in [3.8, 4) is 11.8 Å². The molecule has 2 aromatic heterocycles. The Balaban J connectivity index is 1.70. The highest BCUT2D eigenvalue weighted by Gasteiger charge is 2.10. The number of aromatic nitrogens is 4. The second-order valence-corrected chi connectivity index (χ2v) is 6.26. The van der Waals surface area contributed by atoms with E-state index < -0.39 is 0 Å². The molecule has 1 aromatic carbocycles. The van der Waals surface area contributed by atoms with E-state index in [2.05, 4.69) is 39.3 Å². The molecule has 0 unspecified atom stereocenters. The van der Waals surface area contributed by atoms with Crippen LogP contribution in [0.2, 0.25) is 0 Å². The zero-order valence-electron chi connectivity index (χ0n) is 14.9. The second-order valence-electron chi connectivity index (χ2n) is 5.88. The summed E-state index contributed by atoms with van der Waals surface area (Å²) in [5, 5.41) is 9.80. The molecule has 0 aliphatic carbocycles. The number of benzene rings is 1. The Morgan fingerprint density at radius 2 is 2.15 bits per heavy atom. The van der Waals surface area contributed by atoms with Crippen LogP contribution >= 0.6 is 12.2 Å². The second kappa shape index (κ2) is 8.92. The van der Waals surface area contributed by atoms with Gasteiger partial charge in [-0.25, -0.2) is 4.98 Å². The lowest BCUT2D eigenvalue weighted by molar-refractivity contribution is -0.116. The van der Waals surface area contributed by atoms with Crippen molar-refractivity contribution in [2.24, 2.45) is 0 Å². The Labute approximate surface area is 162 Å². The van der Waals surface area contributed by atoms with E-state index in [-0.39, 0.29) is 12.5 Å². The van der Waals surface area contributed by atoms with Crippen LogP contribution in [0.5, 0.6) is 0 Å². The van der Waals surface area contributed by atoms with Crippen molar-refractivity contribution in [3.05, 3.63) is 70.5 Å². The van der Waals surface area contributed by atoms with Crippen molar-refractivity contribution in [2.45, 2.75) is 26.3 Å². The van der Waals surface area contributed by atoms with Crippen LogP contribution in [0.4, 0.5) is 5.69 Å². The van der Waals surface area contributed by atoms with Gasteiger partial charge in [0.1, 0.15) is 18.1 Å². The molecule has 136 valence electrons. The summed E-state index contributed by atoms with van der Waals surface area (Å²) in [6, 6.07) is 13.0. The lowest BCUT2D eigenvalue weighted by Gasteiger charge is -2.08. The Bertz CT molecular complexity index is 1040. The lowest BCUT2D eigenvalue weighted by Crippen LogP contribution is -2.20. The number of hydrogen-bond donors (Lipinski definition) is 2. The van der Waals surface area contributed by atoms with Crippen molar-refractivity contribution in [1.82, 2.24) is 19.7 Å². The molecule has 0 bridgehead atoms. The van der Waals surface area contributed by atoms with E-state index in [1.165, 1.54) is 0 Å². The number of carbonyl (C=O) groups excluding carboxylic acids is 1. The Kier molecular flexibility index (Phi) is 6.13. The third kappa shape index (κ3) is 5.12. The van der Waals surface area contributed by atoms with E-state index in [1.54, 1.807) is 10.8 Å². The molecular weight excluding hydrogens is 358 g/mol. The molecule has 0 saturated carbocycles. The Hall–Kier alpha value is -3.24. The molecule has 0 fully saturated rings. The van der Waals surface area contributed by atoms with Gasteiger partial charge in [0.25, 0.3) is 0 Å². The number of anilines is 1. The maximum absolute atomic E-state index is 12.4. The fourth-order valence-electron chi connectivity index (χ4n) is 2.52. The number of nitrogens with one attached hydrogen (secondary N) is 2. The standard InChI is InChI=1S/C20H19N5OS/c1-2-6-18-23-24-20(27)25(18)14-19(26)22-17-9-5-7-15(13-17)10-11-16-8-3-4-12-21-16/h3-5,7-9,12-13H,2,6,14H2,1H3,(H,22,26)(H,24,27). The minimum absolute atomic E-state index is 0.120. The maximum atomic E-state index is 12.4. The fraction of sp³-hybridized carbons (Fsp3) is 0.200. The van der Waals surface area contributed by atoms with Gasteiger partial charge in [0.2, 0.25) is 5.91 Å². The number of pyridine rings is 1. The molecule has 7 heteroatoms. The predicted octanol–water partition coefficient (Wildman–Crippen LogP) is 3.33. The first-order valence-electron chi connectivity index (χ1n) is 8.62. The molecule has 6 nitrogen and oxygen atoms in total. The van der Waals surface area contributed by atoms with Crippen molar-refractivity contribution >= 4 is 23.8 Å². The van der Waals surface area contributed by atoms with Crippen molar-refractivity contribution in [3.63, 3.8) is 0 Å². The number of carbonyl (C=O) groups is 1. The molecule has 3 aromatic rings. The summed E-state index contributed by atoms with van der Waals surface area (Å²) in [5.41, 5.74) is 2.18. The van der Waals surface area contributed by atoms with Gasteiger partial charge >= 0.3 is 0 Å². The van der Waals surface area contributed by atoms with Gasteiger partial charge < -0.3 is 5.32 Å². The van der Waals surface area contributed by atoms with Gasteiger partial charge in [-0.05, 0) is 54.9 Å². The van der Waals surface area contributed by atoms with Gasteiger partial charge in [-0.1, -0.05) is 25.0 Å². The molecule has 0 radical (unpaired) electrons. The van der Waals surface area contributed by atoms with E-state index in [9.17, 15) is 4.79 Å². The number of amides is 1. The largest absolute Gasteiger partial charge is 0.324 e. The van der Waals surface area contributed by atoms with Crippen LogP contribution in [-0.4, -0.2) is 25.7 Å². The fourth-order valence-corrected chi connectivity index (χ4v) is 2.74. The molecule has 27 heavy (non-hydrogen) atoms. The van der Waals surface area contributed by atoms with Crippen LogP contribution in [0.3, 0.4) is 0 Å². The summed E-state index contributed by atoms with van der Waals surface area (Å²) < 4.78 is 2.17. The first kappa shape index (κ1) is 18.5. The average Bonchev–Trinajstić information content (AvgIpc) is 3.01. The molecule has 2 heterocycles. The van der Waals surface area contributed by atoms with Crippen LogP contribution in [-0.2, 0) is 17.8 Å². The third-order valence-corrected chi connectivity index (χ3v) is 4.07. The molecule has 0 spiro atoms. The third-order valence-electron chi connectivity index (χ3n) is 3.76. The summed E-state index contributed by atoms with van der Waals surface area (Å²) in [6.45, 7) is 2.17. The summed E-state index contributed by atoms with van der Waals surface area (Å²) in [7, 11) is 0. The average molecular weight is 377 g/mol. The van der Waals surface area contributed by atoms with Crippen LogP contribution in [0, 0.1) is 16.6 Å². The van der Waals surface area contributed by atoms with E-state index in [0.29, 0.717) is 16.2 Å². The predicted molar refractivity (Wildman–Crippen MR) is 107 cm³/mol. The molecule has 0 aliphatic heterocycles. The zero-order chi connectivity index (χ0) is 19.1. The van der Waals surface area contributed by atoms with Crippen molar-refractivity contribution < 1.29 is 4.79 Å². The lowest BCUT2D eigenvalue weighted by atomic mass is 10.2. The van der Waals surface area contributed by atoms with Crippen LogP contribution < -0.4 is 5.32 Å². The van der Waals surface area contributed by atoms with E-state index in [1.807, 2.05) is 42.5 Å². The van der Waals surface area contributed by atoms with Crippen molar-refractivity contribution in [2.75, 3.05) is 5.32 Å². The summed E-state index contributed by atoms with van der Waals surface area (Å²) in [4.78, 5) is 16.6. The Morgan fingerprint density at radius 3 is 2.93 bits per heavy atom. The maximum Gasteiger partial charge on any atom is 0.244 e. The quantitative estimate of drug-likeness (QED) is 0.528. The van der Waals surface area contributed by atoms with Gasteiger partial charge in [-0.15, -0.1) is 0 Å². The number of aromatic amines is 1. The van der Waals surface area contributed by atoms with Gasteiger partial charge in [0, 0.05) is 23.9 Å². The topological polar surface area (TPSA) is 75.6 Å². The van der Waals surface area contributed by atoms with Gasteiger partial charge in [-0.3, -0.25) is 14.5 Å². The molecule has 0 saturated heterocycles. The molecule has 0 atom stereocenters. The first-order chi connectivity index (χ1) is 13.2. The minimum Gasteiger partial charge on any atom is -0.324 e. The first-order valence-corrected chi connectivity index (χ1v) is 9.03. The normalized spacial score (nSPS) is 10.1. The van der Waals surface area contributed by atoms with Crippen molar-refractivity contribution in [1.29, 1.82) is 0 Å². The monoisotopic (exact) mass is 377 g/mol. The highest BCUT2D eigenvalue weighted by Crippen LogP contribution is 2.11. The zero-order valence-corrected chi connectivity index (χ0v) is 15.7. The molecule has 1 amide bonds. The number of rotatable bonds is 5. The summed E-state index contributed by atoms with van der Waals surface area (Å²) in [5.74, 6) is 6.68. The Morgan fingerprint density at radius 1 is 1.26 bits per heavy atom. The number of aryl methyl sites for hydroxylation is 1.